The standard InChI is InChI=1S/C120H58F6N14/c121-119(122,123)91-32-39-93(89(49-91)67-135)117-111(137-104-19-3-1-17-95(104)97-34-27-82(53-106(97)137)76-23-21-69(59-127)22-24-76)45-74(64-132)46-112(117)138-105-20-4-2-18-96(105)98-35-30-86(56-107(98)138)81-25-26-87(66-134)102(51-81)103-52-88(80-16-8-12-73(44-80)63-131)58-115-116(103)101-38-31-85(79-15-7-11-72(43-79)62-130)57-110(101)140(115)114-48-75(65-133)47-113(118(114)94-40-33-92(120(124,125)126)50-90(94)68-136)139-108-54-83(77-13-5-9-70(41-77)60-128)28-36-99(108)100-37-29-84(55-109(100)139)78-14-6-10-71(42-78)61-129/h1-58H. The minimum absolute atomic E-state index is 0.00160. The van der Waals surface area contributed by atoms with E-state index in [4.69, 9.17) is 0 Å². The Kier molecular flexibility index (Phi) is 20.3. The molecule has 22 aromatic rings. The van der Waals surface area contributed by atoms with E-state index in [1.54, 1.807) is 121 Å². The summed E-state index contributed by atoms with van der Waals surface area (Å²) in [6.45, 7) is 0. The Morgan fingerprint density at radius 1 is 0.179 bits per heavy atom. The van der Waals surface area contributed by atoms with Gasteiger partial charge >= 0.3 is 12.4 Å². The summed E-state index contributed by atoms with van der Waals surface area (Å²) in [4.78, 5) is 0. The number of nitrogens with zero attached hydrogens (tertiary/aromatic N) is 14. The van der Waals surface area contributed by atoms with Crippen molar-refractivity contribution >= 4 is 87.2 Å². The molecule has 0 unspecified atom stereocenters. The number of benzene rings is 18. The van der Waals surface area contributed by atoms with Crippen LogP contribution in [0.2, 0.25) is 0 Å². The molecule has 0 amide bonds. The van der Waals surface area contributed by atoms with Gasteiger partial charge in [-0.2, -0.15) is 79.0 Å². The highest BCUT2D eigenvalue weighted by Gasteiger charge is 2.36. The van der Waals surface area contributed by atoms with Gasteiger partial charge in [-0.3, -0.25) is 0 Å². The first-order valence-corrected chi connectivity index (χ1v) is 43.9. The van der Waals surface area contributed by atoms with E-state index < -0.39 is 29.0 Å². The van der Waals surface area contributed by atoms with Crippen LogP contribution in [0, 0.1) is 113 Å². The summed E-state index contributed by atoms with van der Waals surface area (Å²) in [7, 11) is 0. The van der Waals surface area contributed by atoms with Crippen LogP contribution in [-0.4, -0.2) is 18.3 Å². The summed E-state index contributed by atoms with van der Waals surface area (Å²) < 4.78 is 99.7. The lowest BCUT2D eigenvalue weighted by Crippen LogP contribution is -2.08. The third-order valence-corrected chi connectivity index (χ3v) is 26.3. The predicted molar refractivity (Wildman–Crippen MR) is 530 cm³/mol. The van der Waals surface area contributed by atoms with Crippen LogP contribution in [0.5, 0.6) is 0 Å². The van der Waals surface area contributed by atoms with Crippen molar-refractivity contribution in [2.45, 2.75) is 12.4 Å². The maximum Gasteiger partial charge on any atom is 0.416 e. The molecule has 0 atom stereocenters. The zero-order valence-corrected chi connectivity index (χ0v) is 73.0. The van der Waals surface area contributed by atoms with Crippen molar-refractivity contribution in [2.24, 2.45) is 0 Å². The molecule has 0 radical (unpaired) electrons. The Morgan fingerprint density at radius 3 is 0.843 bits per heavy atom. The Bertz CT molecular complexity index is 9590. The van der Waals surface area contributed by atoms with E-state index in [-0.39, 0.29) is 61.4 Å². The van der Waals surface area contributed by atoms with Gasteiger partial charge in [0.15, 0.2) is 0 Å². The summed E-state index contributed by atoms with van der Waals surface area (Å²) in [5, 5.41) is 116. The summed E-state index contributed by atoms with van der Waals surface area (Å²) in [5.41, 5.74) is 13.4. The second kappa shape index (κ2) is 33.4. The molecular formula is C120H58F6N14. The highest BCUT2D eigenvalue weighted by Crippen LogP contribution is 2.53. The Morgan fingerprint density at radius 2 is 0.471 bits per heavy atom. The number of para-hydroxylation sites is 2. The molecule has 0 saturated carbocycles. The van der Waals surface area contributed by atoms with Gasteiger partial charge in [0.05, 0.1) is 194 Å². The molecule has 14 nitrogen and oxygen atoms in total. The van der Waals surface area contributed by atoms with Gasteiger partial charge in [-0.1, -0.05) is 176 Å². The normalized spacial score (nSPS) is 11.4. The van der Waals surface area contributed by atoms with Crippen molar-refractivity contribution < 1.29 is 26.3 Å². The zero-order valence-electron chi connectivity index (χ0n) is 73.0. The number of halogens is 6. The first kappa shape index (κ1) is 85.1. The van der Waals surface area contributed by atoms with Crippen LogP contribution < -0.4 is 0 Å². The van der Waals surface area contributed by atoms with Crippen LogP contribution in [0.3, 0.4) is 0 Å². The predicted octanol–water partition coefficient (Wildman–Crippen LogP) is 29.8. The SMILES string of the molecule is N#Cc1ccc(-c2ccc3c4ccccc4n(-c4cc(C#N)cc(-n5c6ccccc6c6ccc(-c7ccc(C#N)c(-c8cc(-c9cccc(C#N)c9)cc9c8c8ccc(-c%10cccc(C#N)c%10)cc8n9-c8cc(C#N)cc(-n9c%10cc(-c%11cccc(C#N)c%11)ccc%10c%10ccc(-c%11cccc(C#N)c%11)cc%109)c8-c8ccc(C(F)(F)F)cc8C#N)c7)cc65)c4-c4ccc(C(F)(F)F)cc4C#N)c3c2)cc1. The molecule has 650 valence electrons. The molecule has 18 aromatic carbocycles. The molecule has 0 bridgehead atoms. The zero-order chi connectivity index (χ0) is 96.3. The molecule has 20 heteroatoms. The number of nitriles is 10. The summed E-state index contributed by atoms with van der Waals surface area (Å²) in [6.07, 6.45) is -9.83. The molecule has 0 saturated heterocycles. The molecule has 0 spiro atoms. The van der Waals surface area contributed by atoms with Gasteiger partial charge in [-0.25, -0.2) is 0 Å². The molecule has 22 rings (SSSR count). The van der Waals surface area contributed by atoms with Crippen molar-refractivity contribution in [2.75, 3.05) is 0 Å². The average Bonchev–Trinajstić information content (AvgIpc) is 1.55. The molecule has 0 aliphatic carbocycles. The van der Waals surface area contributed by atoms with E-state index in [1.807, 2.05) is 212 Å². The van der Waals surface area contributed by atoms with Gasteiger partial charge in [0.25, 0.3) is 0 Å². The number of alkyl halides is 6. The molecule has 0 aliphatic rings. The van der Waals surface area contributed by atoms with Crippen molar-refractivity contribution in [1.29, 1.82) is 52.6 Å². The lowest BCUT2D eigenvalue weighted by molar-refractivity contribution is -0.138. The van der Waals surface area contributed by atoms with Crippen LogP contribution in [-0.2, 0) is 12.4 Å². The minimum atomic E-state index is -4.95. The third-order valence-electron chi connectivity index (χ3n) is 26.3. The van der Waals surface area contributed by atoms with E-state index in [0.717, 1.165) is 51.6 Å². The first-order chi connectivity index (χ1) is 68.2. The topological polar surface area (TPSA) is 258 Å². The lowest BCUT2D eigenvalue weighted by Gasteiger charge is -2.22. The molecule has 0 fully saturated rings. The fraction of sp³-hybridized carbons (Fsp3) is 0.0167. The van der Waals surface area contributed by atoms with Gasteiger partial charge in [0.1, 0.15) is 0 Å². The van der Waals surface area contributed by atoms with E-state index in [2.05, 4.69) is 60.7 Å². The monoisotopic (exact) mass is 1810 g/mol. The number of hydrogen-bond acceptors (Lipinski definition) is 10. The highest BCUT2D eigenvalue weighted by atomic mass is 19.4. The lowest BCUT2D eigenvalue weighted by atomic mass is 9.89. The van der Waals surface area contributed by atoms with Gasteiger partial charge in [0, 0.05) is 70.9 Å². The number of hydrogen-bond donors (Lipinski definition) is 0. The molecule has 0 N–H and O–H groups in total. The summed E-state index contributed by atoms with van der Waals surface area (Å²) in [6, 6.07) is 124. The molecule has 0 aliphatic heterocycles. The van der Waals surface area contributed by atoms with Crippen molar-refractivity contribution in [3.63, 3.8) is 0 Å². The van der Waals surface area contributed by atoms with Crippen molar-refractivity contribution in [1.82, 2.24) is 18.3 Å². The smallest absolute Gasteiger partial charge is 0.308 e. The first-order valence-electron chi connectivity index (χ1n) is 43.9. The fourth-order valence-corrected chi connectivity index (χ4v) is 19.9. The third kappa shape index (κ3) is 14.2. The molecule has 4 heterocycles. The van der Waals surface area contributed by atoms with E-state index in [1.165, 1.54) is 12.1 Å². The molecule has 140 heavy (non-hydrogen) atoms. The number of aromatic nitrogens is 4. The largest absolute Gasteiger partial charge is 0.416 e. The number of rotatable bonds is 13. The number of fused-ring (bicyclic) bond motifs is 12. The summed E-state index contributed by atoms with van der Waals surface area (Å²) >= 11 is 0. The van der Waals surface area contributed by atoms with Gasteiger partial charge in [-0.15, -0.1) is 0 Å². The van der Waals surface area contributed by atoms with Crippen LogP contribution in [0.25, 0.3) is 210 Å². The maximum absolute atomic E-state index is 15.5. The van der Waals surface area contributed by atoms with Gasteiger partial charge in [0.2, 0.25) is 0 Å². The van der Waals surface area contributed by atoms with E-state index >= 15 is 26.3 Å². The Hall–Kier alpha value is -20.4. The van der Waals surface area contributed by atoms with Crippen LogP contribution >= 0.6 is 0 Å². The molecular weight excluding hydrogens is 1750 g/mol. The average molecular weight is 1810 g/mol. The van der Waals surface area contributed by atoms with Crippen molar-refractivity contribution in [3.8, 4) is 184 Å². The van der Waals surface area contributed by atoms with Gasteiger partial charge < -0.3 is 18.3 Å². The highest BCUT2D eigenvalue weighted by molar-refractivity contribution is 6.20. The van der Waals surface area contributed by atoms with Gasteiger partial charge in [-0.05, 0) is 248 Å². The van der Waals surface area contributed by atoms with Crippen LogP contribution in [0.1, 0.15) is 66.8 Å². The van der Waals surface area contributed by atoms with Crippen molar-refractivity contribution in [3.05, 3.63) is 419 Å². The van der Waals surface area contributed by atoms with Crippen LogP contribution in [0.15, 0.2) is 352 Å². The fourth-order valence-electron chi connectivity index (χ4n) is 19.9. The minimum Gasteiger partial charge on any atom is -0.308 e. The van der Waals surface area contributed by atoms with Crippen LogP contribution in [0.4, 0.5) is 26.3 Å². The van der Waals surface area contributed by atoms with E-state index in [0.29, 0.717) is 171 Å². The Labute approximate surface area is 794 Å². The van der Waals surface area contributed by atoms with E-state index in [9.17, 15) is 52.6 Å². The second-order valence-corrected chi connectivity index (χ2v) is 34.0. The second-order valence-electron chi connectivity index (χ2n) is 34.0. The molecule has 4 aromatic heterocycles. The Balaban J connectivity index is 0.841. The quantitative estimate of drug-likeness (QED) is 0.0986. The maximum atomic E-state index is 15.5. The summed E-state index contributed by atoms with van der Waals surface area (Å²) in [5.74, 6) is 0.